The third-order valence-electron chi connectivity index (χ3n) is 4.96. The van der Waals surface area contributed by atoms with Gasteiger partial charge in [0, 0.05) is 37.6 Å². The molecule has 1 saturated heterocycles. The van der Waals surface area contributed by atoms with Crippen LogP contribution in [-0.4, -0.2) is 75.8 Å². The van der Waals surface area contributed by atoms with Crippen LogP contribution < -0.4 is 16.0 Å². The summed E-state index contributed by atoms with van der Waals surface area (Å²) in [4.78, 5) is 19.2. The quantitative estimate of drug-likeness (QED) is 0.252. The van der Waals surface area contributed by atoms with Crippen LogP contribution in [-0.2, 0) is 17.8 Å². The largest absolute Gasteiger partial charge is 0.355 e. The number of aryl methyl sites for hydroxylation is 1. The zero-order chi connectivity index (χ0) is 21.3. The number of halogens is 1. The number of aliphatic imine (C=N–C) groups is 1. The minimum absolute atomic E-state index is 0. The number of hydrogen-bond acceptors (Lipinski definition) is 5. The molecule has 10 heteroatoms. The Labute approximate surface area is 197 Å². The van der Waals surface area contributed by atoms with Crippen LogP contribution >= 0.6 is 24.0 Å². The maximum Gasteiger partial charge on any atom is 0.242 e. The predicted octanol–water partition coefficient (Wildman–Crippen LogP) is 1.39. The second-order valence-corrected chi connectivity index (χ2v) is 8.49. The predicted molar refractivity (Wildman–Crippen MR) is 131 cm³/mol. The van der Waals surface area contributed by atoms with E-state index in [1.807, 2.05) is 25.3 Å². The summed E-state index contributed by atoms with van der Waals surface area (Å²) in [6.07, 6.45) is 5.03. The van der Waals surface area contributed by atoms with Crippen LogP contribution in [0.1, 0.15) is 53.3 Å². The molecule has 1 aromatic heterocycles. The van der Waals surface area contributed by atoms with Crippen molar-refractivity contribution in [2.24, 2.45) is 4.99 Å². The first-order valence-electron chi connectivity index (χ1n) is 10.8. The average Bonchev–Trinajstić information content (AvgIpc) is 3.30. The smallest absolute Gasteiger partial charge is 0.242 e. The first-order valence-corrected chi connectivity index (χ1v) is 10.8. The zero-order valence-electron chi connectivity index (χ0n) is 19.1. The number of likely N-dealkylation sites (N-methyl/N-ethyl adjacent to an activating group) is 1. The van der Waals surface area contributed by atoms with Crippen LogP contribution in [0.25, 0.3) is 0 Å². The fraction of sp³-hybridized carbons (Fsp3) is 0.800. The van der Waals surface area contributed by atoms with Crippen molar-refractivity contribution >= 4 is 35.8 Å². The van der Waals surface area contributed by atoms with Crippen LogP contribution in [0, 0.1) is 0 Å². The topological polar surface area (TPSA) is 99.5 Å². The van der Waals surface area contributed by atoms with Crippen LogP contribution in [0.2, 0.25) is 0 Å². The van der Waals surface area contributed by atoms with E-state index >= 15 is 0 Å². The number of carbonyl (C=O) groups is 1. The Kier molecular flexibility index (Phi) is 11.6. The summed E-state index contributed by atoms with van der Waals surface area (Å²) in [5, 5.41) is 17.8. The molecule has 30 heavy (non-hydrogen) atoms. The third-order valence-corrected chi connectivity index (χ3v) is 4.96. The van der Waals surface area contributed by atoms with E-state index in [2.05, 4.69) is 49.9 Å². The summed E-state index contributed by atoms with van der Waals surface area (Å²) < 4.78 is 2.03. The maximum absolute atomic E-state index is 12.2. The van der Waals surface area contributed by atoms with Gasteiger partial charge in [0.05, 0.1) is 0 Å². The molecule has 1 aliphatic rings. The first-order chi connectivity index (χ1) is 13.8. The average molecular weight is 534 g/mol. The van der Waals surface area contributed by atoms with E-state index < -0.39 is 0 Å². The van der Waals surface area contributed by atoms with Gasteiger partial charge < -0.3 is 20.5 Å². The molecule has 172 valence electrons. The highest BCUT2D eigenvalue weighted by molar-refractivity contribution is 14.0. The lowest BCUT2D eigenvalue weighted by Gasteiger charge is -2.24. The SMILES string of the molecule is CCc1nncn1CCNC(=NCC(=O)NC(C)(C)C)NCC1CCCN1CC.I. The molecular weight excluding hydrogens is 495 g/mol. The van der Waals surface area contributed by atoms with Crippen molar-refractivity contribution in [3.8, 4) is 0 Å². The van der Waals surface area contributed by atoms with Crippen molar-refractivity contribution in [3.05, 3.63) is 12.2 Å². The minimum atomic E-state index is -0.260. The second kappa shape index (κ2) is 13.1. The van der Waals surface area contributed by atoms with Gasteiger partial charge in [0.2, 0.25) is 5.91 Å². The monoisotopic (exact) mass is 534 g/mol. The van der Waals surface area contributed by atoms with Crippen molar-refractivity contribution in [3.63, 3.8) is 0 Å². The van der Waals surface area contributed by atoms with Gasteiger partial charge in [0.25, 0.3) is 0 Å². The number of amides is 1. The Morgan fingerprint density at radius 3 is 2.73 bits per heavy atom. The molecule has 1 unspecified atom stereocenters. The van der Waals surface area contributed by atoms with E-state index in [-0.39, 0.29) is 42.0 Å². The summed E-state index contributed by atoms with van der Waals surface area (Å²) >= 11 is 0. The van der Waals surface area contributed by atoms with Gasteiger partial charge in [0.1, 0.15) is 18.7 Å². The fourth-order valence-corrected chi connectivity index (χ4v) is 3.57. The van der Waals surface area contributed by atoms with Gasteiger partial charge in [-0.3, -0.25) is 9.69 Å². The summed E-state index contributed by atoms with van der Waals surface area (Å²) in [6, 6.07) is 0.514. The molecule has 1 aromatic rings. The molecule has 0 aromatic carbocycles. The summed E-state index contributed by atoms with van der Waals surface area (Å²) in [5.74, 6) is 1.55. The van der Waals surface area contributed by atoms with Gasteiger partial charge >= 0.3 is 0 Å². The van der Waals surface area contributed by atoms with E-state index in [9.17, 15) is 4.79 Å². The molecule has 0 bridgehead atoms. The molecule has 1 aliphatic heterocycles. The van der Waals surface area contributed by atoms with E-state index in [1.165, 1.54) is 12.8 Å². The Balaban J connectivity index is 0.00000450. The molecule has 9 nitrogen and oxygen atoms in total. The number of nitrogens with one attached hydrogen (secondary N) is 3. The molecular formula is C20H39IN8O. The molecule has 1 amide bonds. The Hall–Kier alpha value is -1.43. The number of carbonyl (C=O) groups excluding carboxylic acids is 1. The Bertz CT molecular complexity index is 670. The lowest BCUT2D eigenvalue weighted by atomic mass is 10.1. The van der Waals surface area contributed by atoms with Crippen LogP contribution in [0.3, 0.4) is 0 Å². The molecule has 2 rings (SSSR count). The van der Waals surface area contributed by atoms with Gasteiger partial charge in [-0.15, -0.1) is 34.2 Å². The van der Waals surface area contributed by atoms with Crippen LogP contribution in [0.5, 0.6) is 0 Å². The van der Waals surface area contributed by atoms with Gasteiger partial charge in [-0.05, 0) is 46.7 Å². The molecule has 0 radical (unpaired) electrons. The van der Waals surface area contributed by atoms with Crippen molar-refractivity contribution < 1.29 is 4.79 Å². The van der Waals surface area contributed by atoms with E-state index in [4.69, 9.17) is 0 Å². The van der Waals surface area contributed by atoms with E-state index in [0.29, 0.717) is 18.5 Å². The maximum atomic E-state index is 12.2. The number of guanidine groups is 1. The van der Waals surface area contributed by atoms with Crippen LogP contribution in [0.15, 0.2) is 11.3 Å². The summed E-state index contributed by atoms with van der Waals surface area (Å²) in [7, 11) is 0. The first kappa shape index (κ1) is 26.6. The van der Waals surface area contributed by atoms with Crippen LogP contribution in [0.4, 0.5) is 0 Å². The van der Waals surface area contributed by atoms with Gasteiger partial charge in [-0.25, -0.2) is 4.99 Å². The third kappa shape index (κ3) is 9.15. The number of aromatic nitrogens is 3. The summed E-state index contributed by atoms with van der Waals surface area (Å²) in [6.45, 7) is 14.7. The van der Waals surface area contributed by atoms with Gasteiger partial charge in [0.15, 0.2) is 5.96 Å². The number of likely N-dealkylation sites (tertiary alicyclic amines) is 1. The van der Waals surface area contributed by atoms with Gasteiger partial charge in [-0.1, -0.05) is 13.8 Å². The van der Waals surface area contributed by atoms with Crippen molar-refractivity contribution in [1.29, 1.82) is 0 Å². The standard InChI is InChI=1S/C20H38N8O.HI/c1-6-17-26-24-15-28(17)12-10-21-19(23-14-18(29)25-20(3,4)5)22-13-16-9-8-11-27(16)7-2;/h15-16H,6-14H2,1-5H3,(H,25,29)(H2,21,22,23);1H. The van der Waals surface area contributed by atoms with Gasteiger partial charge in [-0.2, -0.15) is 0 Å². The Morgan fingerprint density at radius 1 is 1.30 bits per heavy atom. The molecule has 0 aliphatic carbocycles. The molecule has 0 spiro atoms. The normalized spacial score (nSPS) is 17.5. The summed E-state index contributed by atoms with van der Waals surface area (Å²) in [5.41, 5.74) is -0.260. The van der Waals surface area contributed by atoms with E-state index in [0.717, 1.165) is 38.4 Å². The highest BCUT2D eigenvalue weighted by Crippen LogP contribution is 2.15. The minimum Gasteiger partial charge on any atom is -0.355 e. The molecule has 3 N–H and O–H groups in total. The second-order valence-electron chi connectivity index (χ2n) is 8.49. The highest BCUT2D eigenvalue weighted by Gasteiger charge is 2.23. The van der Waals surface area contributed by atoms with E-state index in [1.54, 1.807) is 6.33 Å². The fourth-order valence-electron chi connectivity index (χ4n) is 3.57. The lowest BCUT2D eigenvalue weighted by Crippen LogP contribution is -2.46. The Morgan fingerprint density at radius 2 is 2.07 bits per heavy atom. The number of hydrogen-bond donors (Lipinski definition) is 3. The van der Waals surface area contributed by atoms with Crippen molar-refractivity contribution in [2.75, 3.05) is 32.7 Å². The lowest BCUT2D eigenvalue weighted by molar-refractivity contribution is -0.121. The molecule has 1 fully saturated rings. The number of nitrogens with zero attached hydrogens (tertiary/aromatic N) is 5. The van der Waals surface area contributed by atoms with Crippen molar-refractivity contribution in [2.45, 2.75) is 72.0 Å². The molecule has 1 atom stereocenters. The number of rotatable bonds is 9. The van der Waals surface area contributed by atoms with Crippen molar-refractivity contribution in [1.82, 2.24) is 35.6 Å². The zero-order valence-corrected chi connectivity index (χ0v) is 21.4. The highest BCUT2D eigenvalue weighted by atomic mass is 127. The molecule has 0 saturated carbocycles. The molecule has 2 heterocycles.